The molecule has 3 N–H and O–H groups in total. The molecule has 0 saturated heterocycles. The van der Waals surface area contributed by atoms with Crippen molar-refractivity contribution in [1.29, 1.82) is 0 Å². The van der Waals surface area contributed by atoms with Crippen LogP contribution >= 0.6 is 0 Å². The molecule has 1 aromatic rings. The first-order valence-corrected chi connectivity index (χ1v) is 4.20. The Hall–Kier alpha value is -1.22. The molecule has 1 aliphatic rings. The molecule has 0 spiro atoms. The molecule has 0 fully saturated rings. The predicted octanol–water partition coefficient (Wildman–Crippen LogP) is 0.835. The second kappa shape index (κ2) is 3.03. The molecule has 0 amide bonds. The summed E-state index contributed by atoms with van der Waals surface area (Å²) in [5, 5.41) is 3.31. The van der Waals surface area contributed by atoms with Crippen LogP contribution in [0.1, 0.15) is 0 Å². The first-order valence-electron chi connectivity index (χ1n) is 4.20. The second-order valence-electron chi connectivity index (χ2n) is 2.90. The molecule has 0 aromatic heterocycles. The highest BCUT2D eigenvalue weighted by molar-refractivity contribution is 5.74. The molecular weight excluding hydrogens is 150 g/mol. The van der Waals surface area contributed by atoms with Crippen molar-refractivity contribution in [3.63, 3.8) is 0 Å². The van der Waals surface area contributed by atoms with Crippen LogP contribution in [0.5, 0.6) is 0 Å². The Morgan fingerprint density at radius 2 is 2.25 bits per heavy atom. The van der Waals surface area contributed by atoms with E-state index in [9.17, 15) is 0 Å². The molecule has 3 heteroatoms. The van der Waals surface area contributed by atoms with Gasteiger partial charge in [-0.2, -0.15) is 0 Å². The van der Waals surface area contributed by atoms with Crippen molar-refractivity contribution in [3.8, 4) is 0 Å². The van der Waals surface area contributed by atoms with E-state index in [1.807, 2.05) is 6.07 Å². The topological polar surface area (TPSA) is 41.3 Å². The van der Waals surface area contributed by atoms with Crippen LogP contribution in [0.25, 0.3) is 0 Å². The smallest absolute Gasteiger partial charge is 0.0878 e. The molecule has 0 saturated carbocycles. The average Bonchev–Trinajstić information content (AvgIpc) is 2.50. The number of hydrogen-bond acceptors (Lipinski definition) is 3. The molecule has 0 unspecified atom stereocenters. The lowest BCUT2D eigenvalue weighted by molar-refractivity contribution is 0.849. The Bertz CT molecular complexity index is 270. The highest BCUT2D eigenvalue weighted by Gasteiger charge is 2.15. The van der Waals surface area contributed by atoms with Crippen LogP contribution in [-0.4, -0.2) is 19.8 Å². The van der Waals surface area contributed by atoms with Gasteiger partial charge in [-0.05, 0) is 12.1 Å². The van der Waals surface area contributed by atoms with E-state index >= 15 is 0 Å². The highest BCUT2D eigenvalue weighted by atomic mass is 15.3. The van der Waals surface area contributed by atoms with Crippen molar-refractivity contribution < 1.29 is 0 Å². The Labute approximate surface area is 72.2 Å². The molecule has 2 rings (SSSR count). The monoisotopic (exact) mass is 163 g/mol. The van der Waals surface area contributed by atoms with Gasteiger partial charge in [-0.15, -0.1) is 0 Å². The lowest BCUT2D eigenvalue weighted by Gasteiger charge is -2.15. The van der Waals surface area contributed by atoms with E-state index < -0.39 is 0 Å². The normalized spacial score (nSPS) is 14.2. The van der Waals surface area contributed by atoms with Gasteiger partial charge in [0.15, 0.2) is 0 Å². The van der Waals surface area contributed by atoms with E-state index in [1.165, 1.54) is 11.4 Å². The van der Waals surface area contributed by atoms with Gasteiger partial charge in [-0.25, -0.2) is 0 Å². The summed E-state index contributed by atoms with van der Waals surface area (Å²) in [6.45, 7) is 2.51. The first-order chi connectivity index (χ1) is 5.92. The maximum absolute atomic E-state index is 5.50. The lowest BCUT2D eigenvalue weighted by Crippen LogP contribution is -2.28. The number of nitrogens with zero attached hydrogens (tertiary/aromatic N) is 1. The number of hydrogen-bond donors (Lipinski definition) is 2. The minimum Gasteiger partial charge on any atom is -0.366 e. The van der Waals surface area contributed by atoms with E-state index in [-0.39, 0.29) is 0 Å². The third kappa shape index (κ3) is 1.12. The third-order valence-corrected chi connectivity index (χ3v) is 2.10. The number of nitrogens with one attached hydrogen (secondary N) is 1. The van der Waals surface area contributed by atoms with Crippen LogP contribution in [0.2, 0.25) is 0 Å². The predicted molar refractivity (Wildman–Crippen MR) is 51.3 cm³/mol. The zero-order valence-corrected chi connectivity index (χ0v) is 6.96. The van der Waals surface area contributed by atoms with Crippen molar-refractivity contribution in [1.82, 2.24) is 0 Å². The van der Waals surface area contributed by atoms with Gasteiger partial charge < -0.3 is 16.0 Å². The average molecular weight is 163 g/mol. The summed E-state index contributed by atoms with van der Waals surface area (Å²) in [6, 6.07) is 8.30. The summed E-state index contributed by atoms with van der Waals surface area (Å²) in [4.78, 5) is 2.25. The lowest BCUT2D eigenvalue weighted by atomic mass is 10.3. The molecule has 3 nitrogen and oxygen atoms in total. The van der Waals surface area contributed by atoms with Gasteiger partial charge in [-0.3, -0.25) is 0 Å². The van der Waals surface area contributed by atoms with Crippen molar-refractivity contribution in [2.24, 2.45) is 5.73 Å². The summed E-state index contributed by atoms with van der Waals surface area (Å²) in [6.07, 6.45) is 0. The maximum atomic E-state index is 5.50. The standard InChI is InChI=1S/C9H13N3/c10-5-6-12-7-11-8-3-1-2-4-9(8)12/h1-4,11H,5-7,10H2. The zero-order valence-electron chi connectivity index (χ0n) is 6.96. The third-order valence-electron chi connectivity index (χ3n) is 2.10. The largest absolute Gasteiger partial charge is 0.366 e. The molecule has 0 aliphatic carbocycles. The van der Waals surface area contributed by atoms with Gasteiger partial charge in [0.05, 0.1) is 18.0 Å². The molecule has 0 bridgehead atoms. The van der Waals surface area contributed by atoms with Crippen molar-refractivity contribution in [3.05, 3.63) is 24.3 Å². The SMILES string of the molecule is NCCN1CNc2ccccc21. The number of anilines is 2. The molecule has 0 radical (unpaired) electrons. The summed E-state index contributed by atoms with van der Waals surface area (Å²) in [7, 11) is 0. The minimum atomic E-state index is 0.704. The summed E-state index contributed by atoms with van der Waals surface area (Å²) >= 11 is 0. The van der Waals surface area contributed by atoms with Gasteiger partial charge in [0.1, 0.15) is 0 Å². The minimum absolute atomic E-state index is 0.704. The van der Waals surface area contributed by atoms with E-state index in [0.717, 1.165) is 13.2 Å². The summed E-state index contributed by atoms with van der Waals surface area (Å²) in [5.41, 5.74) is 7.98. The fraction of sp³-hybridized carbons (Fsp3) is 0.333. The van der Waals surface area contributed by atoms with Crippen LogP contribution in [0.3, 0.4) is 0 Å². The molecule has 1 aliphatic heterocycles. The Morgan fingerprint density at radius 1 is 1.42 bits per heavy atom. The fourth-order valence-electron chi connectivity index (χ4n) is 1.52. The van der Waals surface area contributed by atoms with Crippen molar-refractivity contribution >= 4 is 11.4 Å². The number of para-hydroxylation sites is 2. The summed E-state index contributed by atoms with van der Waals surface area (Å²) in [5.74, 6) is 0. The van der Waals surface area contributed by atoms with Gasteiger partial charge >= 0.3 is 0 Å². The van der Waals surface area contributed by atoms with Crippen molar-refractivity contribution in [2.75, 3.05) is 30.0 Å². The molecule has 0 atom stereocenters. The fourth-order valence-corrected chi connectivity index (χ4v) is 1.52. The van der Waals surface area contributed by atoms with Gasteiger partial charge in [0.2, 0.25) is 0 Å². The number of rotatable bonds is 2. The molecule has 1 heterocycles. The van der Waals surface area contributed by atoms with Crippen LogP contribution in [0.4, 0.5) is 11.4 Å². The van der Waals surface area contributed by atoms with E-state index in [2.05, 4.69) is 28.4 Å². The zero-order chi connectivity index (χ0) is 8.39. The van der Waals surface area contributed by atoms with E-state index in [0.29, 0.717) is 6.54 Å². The maximum Gasteiger partial charge on any atom is 0.0878 e. The highest BCUT2D eigenvalue weighted by Crippen LogP contribution is 2.29. The Morgan fingerprint density at radius 3 is 3.08 bits per heavy atom. The van der Waals surface area contributed by atoms with E-state index in [4.69, 9.17) is 5.73 Å². The number of benzene rings is 1. The second-order valence-corrected chi connectivity index (χ2v) is 2.90. The van der Waals surface area contributed by atoms with Gasteiger partial charge in [-0.1, -0.05) is 12.1 Å². The van der Waals surface area contributed by atoms with E-state index in [1.54, 1.807) is 0 Å². The number of nitrogens with two attached hydrogens (primary N) is 1. The van der Waals surface area contributed by atoms with Crippen LogP contribution in [0, 0.1) is 0 Å². The quantitative estimate of drug-likeness (QED) is 0.678. The summed E-state index contributed by atoms with van der Waals surface area (Å²) < 4.78 is 0. The Kier molecular flexibility index (Phi) is 1.87. The number of fused-ring (bicyclic) bond motifs is 1. The van der Waals surface area contributed by atoms with Crippen molar-refractivity contribution in [2.45, 2.75) is 0 Å². The first kappa shape index (κ1) is 7.43. The Balaban J connectivity index is 2.24. The van der Waals surface area contributed by atoms with Gasteiger partial charge in [0, 0.05) is 13.1 Å². The molecule has 64 valence electrons. The molecule has 1 aromatic carbocycles. The molecule has 12 heavy (non-hydrogen) atoms. The van der Waals surface area contributed by atoms with Crippen LogP contribution in [-0.2, 0) is 0 Å². The van der Waals surface area contributed by atoms with Gasteiger partial charge in [0.25, 0.3) is 0 Å². The van der Waals surface area contributed by atoms with Crippen LogP contribution in [0.15, 0.2) is 24.3 Å². The van der Waals surface area contributed by atoms with Crippen LogP contribution < -0.4 is 16.0 Å². The molecular formula is C9H13N3.